The summed E-state index contributed by atoms with van der Waals surface area (Å²) in [5, 5.41) is 11.5. The van der Waals surface area contributed by atoms with E-state index in [1.165, 1.54) is 0 Å². The van der Waals surface area contributed by atoms with Crippen molar-refractivity contribution in [2.45, 2.75) is 44.8 Å². The number of fused-ring (bicyclic) bond motifs is 2. The fourth-order valence-electron chi connectivity index (χ4n) is 5.58. The average Bonchev–Trinajstić information content (AvgIpc) is 3.06. The van der Waals surface area contributed by atoms with Gasteiger partial charge in [-0.3, -0.25) is 4.79 Å². The first kappa shape index (κ1) is 32.2. The van der Waals surface area contributed by atoms with Gasteiger partial charge in [0.05, 0.1) is 22.4 Å². The Kier molecular flexibility index (Phi) is 10.5. The molecule has 4 aromatic carbocycles. The van der Waals surface area contributed by atoms with Crippen LogP contribution in [0.1, 0.15) is 50.1 Å². The first-order chi connectivity index (χ1) is 21.5. The second-order valence-electron chi connectivity index (χ2n) is 11.2. The summed E-state index contributed by atoms with van der Waals surface area (Å²) in [5.41, 5.74) is 5.41. The third-order valence-corrected chi connectivity index (χ3v) is 8.14. The Morgan fingerprint density at radius 1 is 0.667 bits per heavy atom. The Labute approximate surface area is 286 Å². The van der Waals surface area contributed by atoms with E-state index in [-0.39, 0.29) is 37.4 Å². The molecule has 6 aromatic rings. The van der Waals surface area contributed by atoms with Crippen LogP contribution in [0.5, 0.6) is 11.5 Å². The zero-order chi connectivity index (χ0) is 30.4. The van der Waals surface area contributed by atoms with E-state index < -0.39 is 11.4 Å². The molecule has 0 aliphatic carbocycles. The molecule has 0 saturated carbocycles. The molecule has 0 saturated heterocycles. The zero-order valence-corrected chi connectivity index (χ0v) is 27.6. The molecule has 6 rings (SSSR count). The zero-order valence-electron chi connectivity index (χ0n) is 26.6. The van der Waals surface area contributed by atoms with Crippen LogP contribution in [0.4, 0.5) is 0 Å². The summed E-state index contributed by atoms with van der Waals surface area (Å²) in [6, 6.07) is 40.3. The quantitative estimate of drug-likeness (QED) is 0.182. The van der Waals surface area contributed by atoms with Crippen LogP contribution in [0.25, 0.3) is 21.8 Å². The monoisotopic (exact) mass is 606 g/mol. The van der Waals surface area contributed by atoms with Crippen molar-refractivity contribution in [2.24, 2.45) is 0 Å². The number of carboxylic acids is 1. The largest absolute Gasteiger partial charge is 1.00 e. The van der Waals surface area contributed by atoms with Gasteiger partial charge < -0.3 is 16.0 Å². The van der Waals surface area contributed by atoms with Crippen molar-refractivity contribution >= 4 is 27.8 Å². The van der Waals surface area contributed by atoms with Crippen LogP contribution in [-0.2, 0) is 23.4 Å². The number of aromatic nitrogens is 2. The van der Waals surface area contributed by atoms with Crippen molar-refractivity contribution in [2.75, 3.05) is 0 Å². The van der Waals surface area contributed by atoms with Gasteiger partial charge in [-0.05, 0) is 72.5 Å². The molecule has 0 spiro atoms. The molecule has 0 amide bonds. The van der Waals surface area contributed by atoms with Crippen molar-refractivity contribution in [1.82, 2.24) is 9.97 Å². The molecular formula is C38H35N2NaO4. The first-order valence-corrected chi connectivity index (χ1v) is 14.8. The standard InChI is InChI=1S/C38H34N2O4.Na.H/c1-38(24-6-11-37(41)42,29-14-20-33(21-15-29)43-25-31-18-12-27-7-2-4-9-35(27)39-31)30-16-22-34(23-17-30)44-26-32-19-13-28-8-3-5-10-36(28)40-32;;/h2-5,7-10,12-23H,6,11,24-26H2,1H3,(H,41,42);;/q;+1;-1. The average molecular weight is 607 g/mol. The molecule has 0 fully saturated rings. The Balaban J connectivity index is 0.00000240. The van der Waals surface area contributed by atoms with Crippen molar-refractivity contribution < 1.29 is 50.4 Å². The number of hydrogen-bond donors (Lipinski definition) is 1. The summed E-state index contributed by atoms with van der Waals surface area (Å²) in [4.78, 5) is 20.7. The number of nitrogens with zero attached hydrogens (tertiary/aromatic N) is 2. The summed E-state index contributed by atoms with van der Waals surface area (Å²) >= 11 is 0. The Bertz CT molecular complexity index is 1770. The van der Waals surface area contributed by atoms with E-state index in [2.05, 4.69) is 43.3 Å². The van der Waals surface area contributed by atoms with Gasteiger partial charge in [0.2, 0.25) is 0 Å². The minimum Gasteiger partial charge on any atom is -1.00 e. The molecule has 0 atom stereocenters. The minimum absolute atomic E-state index is 0. The van der Waals surface area contributed by atoms with Gasteiger partial charge in [-0.2, -0.15) is 0 Å². The van der Waals surface area contributed by atoms with Crippen LogP contribution in [0.2, 0.25) is 0 Å². The van der Waals surface area contributed by atoms with Crippen molar-refractivity contribution in [3.63, 3.8) is 0 Å². The van der Waals surface area contributed by atoms with Crippen molar-refractivity contribution in [3.05, 3.63) is 144 Å². The van der Waals surface area contributed by atoms with Crippen molar-refractivity contribution in [1.29, 1.82) is 0 Å². The van der Waals surface area contributed by atoms with Gasteiger partial charge in [0.1, 0.15) is 24.7 Å². The van der Waals surface area contributed by atoms with Crippen LogP contribution >= 0.6 is 0 Å². The van der Waals surface area contributed by atoms with Crippen LogP contribution < -0.4 is 39.0 Å². The second kappa shape index (κ2) is 14.7. The molecule has 0 unspecified atom stereocenters. The number of para-hydroxylation sites is 2. The van der Waals surface area contributed by atoms with E-state index in [0.29, 0.717) is 26.1 Å². The molecular weight excluding hydrogens is 571 g/mol. The maximum absolute atomic E-state index is 11.3. The fraction of sp³-hybridized carbons (Fsp3) is 0.184. The minimum atomic E-state index is -0.788. The Morgan fingerprint density at radius 2 is 1.11 bits per heavy atom. The van der Waals surface area contributed by atoms with Gasteiger partial charge in [0, 0.05) is 22.6 Å². The van der Waals surface area contributed by atoms with Gasteiger partial charge >= 0.3 is 35.5 Å². The smallest absolute Gasteiger partial charge is 1.00 e. The molecule has 0 aliphatic rings. The van der Waals surface area contributed by atoms with Crippen LogP contribution in [0, 0.1) is 0 Å². The number of ether oxygens (including phenoxy) is 2. The van der Waals surface area contributed by atoms with E-state index in [4.69, 9.17) is 19.4 Å². The van der Waals surface area contributed by atoms with E-state index in [0.717, 1.165) is 55.8 Å². The van der Waals surface area contributed by atoms with Gasteiger partial charge in [-0.25, -0.2) is 9.97 Å². The Morgan fingerprint density at radius 3 is 1.56 bits per heavy atom. The molecule has 0 radical (unpaired) electrons. The predicted molar refractivity (Wildman–Crippen MR) is 174 cm³/mol. The molecule has 7 heteroatoms. The second-order valence-corrected chi connectivity index (χ2v) is 11.2. The summed E-state index contributed by atoms with van der Waals surface area (Å²) in [6.45, 7) is 2.91. The van der Waals surface area contributed by atoms with Crippen LogP contribution in [0.15, 0.2) is 121 Å². The van der Waals surface area contributed by atoms with E-state index >= 15 is 0 Å². The summed E-state index contributed by atoms with van der Waals surface area (Å²) in [5.74, 6) is 0.717. The van der Waals surface area contributed by atoms with Gasteiger partial charge in [-0.1, -0.05) is 79.7 Å². The van der Waals surface area contributed by atoms with Gasteiger partial charge in [0.25, 0.3) is 0 Å². The maximum atomic E-state index is 11.3. The normalized spacial score (nSPS) is 11.2. The summed E-state index contributed by atoms with van der Waals surface area (Å²) < 4.78 is 12.1. The number of benzene rings is 4. The van der Waals surface area contributed by atoms with Gasteiger partial charge in [0.15, 0.2) is 0 Å². The molecule has 222 valence electrons. The molecule has 0 bridgehead atoms. The Hall–Kier alpha value is -4.23. The van der Waals surface area contributed by atoms with E-state index in [1.807, 2.05) is 84.9 Å². The molecule has 0 aliphatic heterocycles. The number of pyridine rings is 2. The third-order valence-electron chi connectivity index (χ3n) is 8.14. The number of hydrogen-bond acceptors (Lipinski definition) is 5. The maximum Gasteiger partial charge on any atom is 1.00 e. The molecule has 6 nitrogen and oxygen atoms in total. The summed E-state index contributed by atoms with van der Waals surface area (Å²) in [6.07, 6.45) is 1.36. The molecule has 2 heterocycles. The summed E-state index contributed by atoms with van der Waals surface area (Å²) in [7, 11) is 0. The van der Waals surface area contributed by atoms with Crippen LogP contribution in [-0.4, -0.2) is 21.0 Å². The molecule has 2 aromatic heterocycles. The van der Waals surface area contributed by atoms with Gasteiger partial charge in [-0.15, -0.1) is 0 Å². The topological polar surface area (TPSA) is 81.5 Å². The molecule has 45 heavy (non-hydrogen) atoms. The first-order valence-electron chi connectivity index (χ1n) is 14.8. The van der Waals surface area contributed by atoms with E-state index in [1.54, 1.807) is 0 Å². The van der Waals surface area contributed by atoms with Crippen molar-refractivity contribution in [3.8, 4) is 11.5 Å². The number of carbonyl (C=O) groups is 1. The third kappa shape index (κ3) is 7.90. The number of rotatable bonds is 12. The number of aliphatic carboxylic acids is 1. The molecule has 1 N–H and O–H groups in total. The predicted octanol–water partition coefficient (Wildman–Crippen LogP) is 5.62. The fourth-order valence-corrected chi connectivity index (χ4v) is 5.58. The SMILES string of the molecule is CC(CCCC(=O)O)(c1ccc(OCc2ccc3ccccc3n2)cc1)c1ccc(OCc2ccc3ccccc3n2)cc1.[H-].[Na+]. The number of carboxylic acid groups (broad SMARTS) is 1. The van der Waals surface area contributed by atoms with Crippen LogP contribution in [0.3, 0.4) is 0 Å². The van der Waals surface area contributed by atoms with E-state index in [9.17, 15) is 9.90 Å².